The number of nitrogens with one attached hydrogen (secondary N) is 1. The molecule has 3 aromatic rings. The molecule has 6 nitrogen and oxygen atoms in total. The molecular formula is C22H18F3N2O4S2. The van der Waals surface area contributed by atoms with Crippen molar-refractivity contribution in [2.45, 2.75) is 41.9 Å². The van der Waals surface area contributed by atoms with Crippen LogP contribution < -0.4 is 10.1 Å². The van der Waals surface area contributed by atoms with Crippen molar-refractivity contribution in [3.63, 3.8) is 0 Å². The highest BCUT2D eigenvalue weighted by Crippen LogP contribution is 2.32. The normalized spacial score (nSPS) is 15.4. The van der Waals surface area contributed by atoms with E-state index < -0.39 is 49.6 Å². The molecule has 1 aliphatic carbocycles. The second-order valence-corrected chi connectivity index (χ2v) is 10.7. The van der Waals surface area contributed by atoms with Crippen molar-refractivity contribution in [3.8, 4) is 5.75 Å². The Morgan fingerprint density at radius 2 is 1.82 bits per heavy atom. The minimum Gasteiger partial charge on any atom is -0.473 e. The van der Waals surface area contributed by atoms with Gasteiger partial charge in [0.15, 0.2) is 26.5 Å². The van der Waals surface area contributed by atoms with Crippen molar-refractivity contribution >= 4 is 32.2 Å². The number of hydrogen-bond acceptors (Lipinski definition) is 6. The lowest BCUT2D eigenvalue weighted by molar-refractivity contribution is -0.123. The zero-order chi connectivity index (χ0) is 23.6. The smallest absolute Gasteiger partial charge is 0.271 e. The number of carbonyl (C=O) groups is 1. The number of halogens is 3. The van der Waals surface area contributed by atoms with E-state index in [-0.39, 0.29) is 15.6 Å². The van der Waals surface area contributed by atoms with Crippen molar-refractivity contribution in [2.24, 2.45) is 0 Å². The van der Waals surface area contributed by atoms with E-state index in [2.05, 4.69) is 10.3 Å². The van der Waals surface area contributed by atoms with E-state index in [9.17, 15) is 26.4 Å². The summed E-state index contributed by atoms with van der Waals surface area (Å²) >= 11 is 0.536. The van der Waals surface area contributed by atoms with E-state index in [1.807, 2.05) is 6.20 Å². The van der Waals surface area contributed by atoms with Crippen LogP contribution in [0.4, 0.5) is 18.3 Å². The SMILES string of the molecule is O=C(Nc1n[c]c(F)s1)C(Oc1ccc(F)cc1F)c1ccc(S(=O)(=O)C2CCCC2)cc1. The van der Waals surface area contributed by atoms with Crippen LogP contribution in [-0.4, -0.2) is 24.6 Å². The van der Waals surface area contributed by atoms with Gasteiger partial charge in [-0.1, -0.05) is 36.3 Å². The minimum atomic E-state index is -3.51. The lowest BCUT2D eigenvalue weighted by Gasteiger charge is -2.19. The quantitative estimate of drug-likeness (QED) is 0.507. The number of nitrogens with zero attached hydrogens (tertiary/aromatic N) is 1. The maximum Gasteiger partial charge on any atom is 0.271 e. The van der Waals surface area contributed by atoms with Crippen LogP contribution in [0.3, 0.4) is 0 Å². The second-order valence-electron chi connectivity index (χ2n) is 7.49. The second kappa shape index (κ2) is 9.52. The summed E-state index contributed by atoms with van der Waals surface area (Å²) in [6.07, 6.45) is 3.50. The lowest BCUT2D eigenvalue weighted by Crippen LogP contribution is -2.26. The minimum absolute atomic E-state index is 0.0916. The number of aromatic nitrogens is 1. The first kappa shape index (κ1) is 23.2. The van der Waals surface area contributed by atoms with Crippen molar-refractivity contribution < 1.29 is 31.1 Å². The number of thiazole rings is 1. The Morgan fingerprint density at radius 3 is 2.42 bits per heavy atom. The molecule has 173 valence electrons. The average molecular weight is 496 g/mol. The average Bonchev–Trinajstić information content (AvgIpc) is 3.46. The molecule has 0 aliphatic heterocycles. The van der Waals surface area contributed by atoms with Gasteiger partial charge in [0.1, 0.15) is 12.0 Å². The summed E-state index contributed by atoms with van der Waals surface area (Å²) in [5.41, 5.74) is 0.211. The maximum absolute atomic E-state index is 14.2. The van der Waals surface area contributed by atoms with Crippen LogP contribution >= 0.6 is 11.3 Å². The van der Waals surface area contributed by atoms with Gasteiger partial charge in [0.2, 0.25) is 11.2 Å². The highest BCUT2D eigenvalue weighted by molar-refractivity contribution is 7.92. The standard InChI is InChI=1S/C22H18F3N2O4S2/c23-14-7-10-18(17(24)11-14)31-20(21(28)27-22-26-12-19(25)32-22)13-5-8-16(9-6-13)33(29,30)15-3-1-2-4-15/h5-11,15,20H,1-4H2,(H,26,27,28). The molecule has 0 saturated heterocycles. The molecule has 4 rings (SSSR count). The molecule has 1 atom stereocenters. The molecule has 11 heteroatoms. The zero-order valence-electron chi connectivity index (χ0n) is 17.1. The Morgan fingerprint density at radius 1 is 1.12 bits per heavy atom. The number of carbonyl (C=O) groups excluding carboxylic acids is 1. The third-order valence-electron chi connectivity index (χ3n) is 5.29. The highest BCUT2D eigenvalue weighted by atomic mass is 32.2. The Kier molecular flexibility index (Phi) is 6.71. The summed E-state index contributed by atoms with van der Waals surface area (Å²) in [5.74, 6) is -3.05. The van der Waals surface area contributed by atoms with Crippen LogP contribution in [0, 0.1) is 23.0 Å². The van der Waals surface area contributed by atoms with Gasteiger partial charge in [-0.3, -0.25) is 10.1 Å². The summed E-state index contributed by atoms with van der Waals surface area (Å²) in [5, 5.41) is 1.08. The van der Waals surface area contributed by atoms with E-state index >= 15 is 0 Å². The van der Waals surface area contributed by atoms with Gasteiger partial charge in [0.05, 0.1) is 10.1 Å². The molecule has 1 fully saturated rings. The first-order chi connectivity index (χ1) is 15.7. The maximum atomic E-state index is 14.2. The largest absolute Gasteiger partial charge is 0.473 e. The predicted molar refractivity (Wildman–Crippen MR) is 115 cm³/mol. The Labute approximate surface area is 192 Å². The Bertz CT molecular complexity index is 1260. The molecule has 1 radical (unpaired) electrons. The molecule has 1 heterocycles. The number of rotatable bonds is 7. The summed E-state index contributed by atoms with van der Waals surface area (Å²) in [7, 11) is -3.51. The van der Waals surface area contributed by atoms with Gasteiger partial charge in [0.25, 0.3) is 5.91 Å². The van der Waals surface area contributed by atoms with Crippen molar-refractivity contribution in [3.05, 3.63) is 71.0 Å². The fourth-order valence-corrected chi connectivity index (χ4v) is 6.00. The number of anilines is 1. The van der Waals surface area contributed by atoms with Crippen LogP contribution in [0.1, 0.15) is 37.4 Å². The highest BCUT2D eigenvalue weighted by Gasteiger charge is 2.31. The molecule has 1 unspecified atom stereocenters. The fourth-order valence-electron chi connectivity index (χ4n) is 3.64. The van der Waals surface area contributed by atoms with E-state index in [0.29, 0.717) is 30.2 Å². The van der Waals surface area contributed by atoms with Crippen LogP contribution in [0.25, 0.3) is 0 Å². The molecular weight excluding hydrogens is 477 g/mol. The number of hydrogen-bond donors (Lipinski definition) is 1. The molecule has 2 aromatic carbocycles. The van der Waals surface area contributed by atoms with Crippen LogP contribution in [0.15, 0.2) is 47.4 Å². The van der Waals surface area contributed by atoms with Crippen molar-refractivity contribution in [1.29, 1.82) is 0 Å². The summed E-state index contributed by atoms with van der Waals surface area (Å²) in [6, 6.07) is 8.11. The predicted octanol–water partition coefficient (Wildman–Crippen LogP) is 4.84. The topological polar surface area (TPSA) is 85.4 Å². The monoisotopic (exact) mass is 495 g/mol. The molecule has 1 aliphatic rings. The summed E-state index contributed by atoms with van der Waals surface area (Å²) in [6.45, 7) is 0. The van der Waals surface area contributed by atoms with Crippen molar-refractivity contribution in [1.82, 2.24) is 4.98 Å². The number of benzene rings is 2. The third kappa shape index (κ3) is 5.19. The van der Waals surface area contributed by atoms with Gasteiger partial charge >= 0.3 is 0 Å². The summed E-state index contributed by atoms with van der Waals surface area (Å²) < 4.78 is 71.8. The number of amides is 1. The van der Waals surface area contributed by atoms with E-state index in [4.69, 9.17) is 4.74 Å². The Balaban J connectivity index is 1.63. The van der Waals surface area contributed by atoms with E-state index in [0.717, 1.165) is 25.0 Å². The van der Waals surface area contributed by atoms with Gasteiger partial charge in [-0.15, -0.1) is 0 Å². The van der Waals surface area contributed by atoms with Gasteiger partial charge in [-0.2, -0.15) is 4.39 Å². The van der Waals surface area contributed by atoms with Crippen LogP contribution in [0.2, 0.25) is 0 Å². The van der Waals surface area contributed by atoms with E-state index in [1.165, 1.54) is 24.3 Å². The molecule has 1 aromatic heterocycles. The van der Waals surface area contributed by atoms with Gasteiger partial charge in [-0.05, 0) is 37.1 Å². The number of sulfone groups is 1. The van der Waals surface area contributed by atoms with Crippen LogP contribution in [-0.2, 0) is 14.6 Å². The molecule has 1 amide bonds. The van der Waals surface area contributed by atoms with Crippen LogP contribution in [0.5, 0.6) is 5.75 Å². The van der Waals surface area contributed by atoms with Gasteiger partial charge in [-0.25, -0.2) is 22.2 Å². The van der Waals surface area contributed by atoms with E-state index in [1.54, 1.807) is 0 Å². The zero-order valence-corrected chi connectivity index (χ0v) is 18.7. The van der Waals surface area contributed by atoms with Gasteiger partial charge < -0.3 is 4.74 Å². The molecule has 1 saturated carbocycles. The fraction of sp³-hybridized carbons (Fsp3) is 0.273. The molecule has 0 bridgehead atoms. The van der Waals surface area contributed by atoms with Crippen molar-refractivity contribution in [2.75, 3.05) is 5.32 Å². The Hall–Kier alpha value is -2.92. The lowest BCUT2D eigenvalue weighted by atomic mass is 10.1. The summed E-state index contributed by atoms with van der Waals surface area (Å²) in [4.78, 5) is 16.6. The molecule has 1 N–H and O–H groups in total. The first-order valence-corrected chi connectivity index (χ1v) is 12.4. The molecule has 0 spiro atoms. The molecule has 33 heavy (non-hydrogen) atoms. The number of ether oxygens (including phenoxy) is 1. The first-order valence-electron chi connectivity index (χ1n) is 10.0. The van der Waals surface area contributed by atoms with Gasteiger partial charge in [0, 0.05) is 11.6 Å². The third-order valence-corrected chi connectivity index (χ3v) is 8.23.